The van der Waals surface area contributed by atoms with Gasteiger partial charge in [0.05, 0.1) is 19.8 Å². The third-order valence-electron chi connectivity index (χ3n) is 3.51. The number of carbonyl (C=O) groups excluding carboxylic acids is 2. The van der Waals surface area contributed by atoms with Crippen LogP contribution in [0.15, 0.2) is 48.5 Å². The number of hydrazine groups is 1. The van der Waals surface area contributed by atoms with Crippen molar-refractivity contribution in [1.29, 1.82) is 0 Å². The van der Waals surface area contributed by atoms with Crippen molar-refractivity contribution in [2.45, 2.75) is 0 Å². The van der Waals surface area contributed by atoms with Gasteiger partial charge in [-0.3, -0.25) is 25.8 Å². The second kappa shape index (κ2) is 9.93. The number of hydrogen-bond donors (Lipinski definition) is 4. The predicted octanol–water partition coefficient (Wildman–Crippen LogP) is 1.76. The van der Waals surface area contributed by atoms with Gasteiger partial charge < -0.3 is 14.6 Å². The van der Waals surface area contributed by atoms with E-state index in [0.717, 1.165) is 5.56 Å². The molecule has 0 aliphatic carbocycles. The van der Waals surface area contributed by atoms with Gasteiger partial charge in [0, 0.05) is 6.08 Å². The van der Waals surface area contributed by atoms with Crippen LogP contribution < -0.4 is 25.6 Å². The SMILES string of the molecule is COc1ccc(/C=C/C(=O)NC(=S)NNC(=O)c2ccccc2O)cc1OC. The second-order valence-electron chi connectivity index (χ2n) is 5.36. The van der Waals surface area contributed by atoms with Gasteiger partial charge in [0.1, 0.15) is 5.75 Å². The van der Waals surface area contributed by atoms with E-state index in [1.54, 1.807) is 36.4 Å². The van der Waals surface area contributed by atoms with Crippen LogP contribution in [0.4, 0.5) is 0 Å². The maximum Gasteiger partial charge on any atom is 0.273 e. The first kappa shape index (κ1) is 20.7. The van der Waals surface area contributed by atoms with Crippen LogP contribution in [0.25, 0.3) is 6.08 Å². The second-order valence-corrected chi connectivity index (χ2v) is 5.77. The number of phenolic OH excluding ortho intramolecular Hbond substituents is 1. The van der Waals surface area contributed by atoms with Crippen molar-refractivity contribution >= 4 is 35.2 Å². The van der Waals surface area contributed by atoms with Crippen molar-refractivity contribution in [1.82, 2.24) is 16.2 Å². The van der Waals surface area contributed by atoms with E-state index in [1.165, 1.54) is 32.4 Å². The molecule has 0 fully saturated rings. The van der Waals surface area contributed by atoms with Crippen molar-refractivity contribution < 1.29 is 24.2 Å². The molecule has 0 radical (unpaired) electrons. The Morgan fingerprint density at radius 2 is 1.75 bits per heavy atom. The van der Waals surface area contributed by atoms with Gasteiger partial charge in [0.15, 0.2) is 16.6 Å². The molecule has 0 unspecified atom stereocenters. The molecule has 0 atom stereocenters. The number of carbonyl (C=O) groups is 2. The molecule has 2 aromatic rings. The lowest BCUT2D eigenvalue weighted by Gasteiger charge is -2.10. The van der Waals surface area contributed by atoms with E-state index in [-0.39, 0.29) is 16.4 Å². The Morgan fingerprint density at radius 3 is 2.43 bits per heavy atom. The molecule has 0 saturated heterocycles. The Balaban J connectivity index is 1.87. The van der Waals surface area contributed by atoms with Crippen molar-refractivity contribution in [2.24, 2.45) is 0 Å². The number of hydrogen-bond acceptors (Lipinski definition) is 6. The summed E-state index contributed by atoms with van der Waals surface area (Å²) in [5.41, 5.74) is 5.46. The first-order chi connectivity index (χ1) is 13.4. The van der Waals surface area contributed by atoms with Gasteiger partial charge in [-0.15, -0.1) is 0 Å². The number of nitrogens with one attached hydrogen (secondary N) is 3. The fourth-order valence-corrected chi connectivity index (χ4v) is 2.31. The van der Waals surface area contributed by atoms with Crippen LogP contribution >= 0.6 is 12.2 Å². The fraction of sp³-hybridized carbons (Fsp3) is 0.105. The van der Waals surface area contributed by atoms with Crippen LogP contribution in [0.5, 0.6) is 17.2 Å². The number of ether oxygens (including phenoxy) is 2. The predicted molar refractivity (Wildman–Crippen MR) is 108 cm³/mol. The van der Waals surface area contributed by atoms with Gasteiger partial charge in [0.2, 0.25) is 5.91 Å². The number of benzene rings is 2. The quantitative estimate of drug-likeness (QED) is 0.343. The first-order valence-corrected chi connectivity index (χ1v) is 8.45. The average molecular weight is 401 g/mol. The van der Waals surface area contributed by atoms with E-state index >= 15 is 0 Å². The lowest BCUT2D eigenvalue weighted by Crippen LogP contribution is -2.48. The topological polar surface area (TPSA) is 109 Å². The van der Waals surface area contributed by atoms with E-state index in [4.69, 9.17) is 21.7 Å². The average Bonchev–Trinajstić information content (AvgIpc) is 2.70. The fourth-order valence-electron chi connectivity index (χ4n) is 2.16. The zero-order chi connectivity index (χ0) is 20.5. The standard InChI is InChI=1S/C19H19N3O5S/c1-26-15-9-7-12(11-16(15)27-2)8-10-17(24)20-19(28)22-21-18(25)13-5-3-4-6-14(13)23/h3-11,23H,1-2H3,(H,21,25)(H2,20,22,24,28)/b10-8+. The summed E-state index contributed by atoms with van der Waals surface area (Å²) in [4.78, 5) is 23.9. The normalized spacial score (nSPS) is 10.2. The smallest absolute Gasteiger partial charge is 0.273 e. The molecule has 28 heavy (non-hydrogen) atoms. The number of phenols is 1. The minimum Gasteiger partial charge on any atom is -0.507 e. The number of amides is 2. The summed E-state index contributed by atoms with van der Waals surface area (Å²) in [7, 11) is 3.05. The van der Waals surface area contributed by atoms with Gasteiger partial charge in [-0.25, -0.2) is 0 Å². The monoisotopic (exact) mass is 401 g/mol. The Morgan fingerprint density at radius 1 is 1.04 bits per heavy atom. The summed E-state index contributed by atoms with van der Waals surface area (Å²) in [6.07, 6.45) is 2.85. The van der Waals surface area contributed by atoms with Crippen LogP contribution in [0, 0.1) is 0 Å². The summed E-state index contributed by atoms with van der Waals surface area (Å²) in [6.45, 7) is 0. The number of para-hydroxylation sites is 1. The minimum atomic E-state index is -0.601. The lowest BCUT2D eigenvalue weighted by molar-refractivity contribution is -0.115. The zero-order valence-corrected chi connectivity index (χ0v) is 16.0. The molecule has 0 spiro atoms. The van der Waals surface area contributed by atoms with Crippen LogP contribution in [-0.2, 0) is 4.79 Å². The van der Waals surface area contributed by atoms with Crippen molar-refractivity contribution in [3.8, 4) is 17.2 Å². The Kier molecular flexibility index (Phi) is 7.35. The zero-order valence-electron chi connectivity index (χ0n) is 15.2. The van der Waals surface area contributed by atoms with E-state index in [2.05, 4.69) is 16.2 Å². The molecule has 4 N–H and O–H groups in total. The summed E-state index contributed by atoms with van der Waals surface area (Å²) < 4.78 is 10.4. The lowest BCUT2D eigenvalue weighted by atomic mass is 10.2. The number of rotatable bonds is 5. The van der Waals surface area contributed by atoms with Crippen LogP contribution in [-0.4, -0.2) is 36.3 Å². The highest BCUT2D eigenvalue weighted by Crippen LogP contribution is 2.27. The van der Waals surface area contributed by atoms with Crippen LogP contribution in [0.2, 0.25) is 0 Å². The van der Waals surface area contributed by atoms with E-state index in [9.17, 15) is 14.7 Å². The Hall–Kier alpha value is -3.59. The van der Waals surface area contributed by atoms with E-state index < -0.39 is 11.8 Å². The third-order valence-corrected chi connectivity index (χ3v) is 3.71. The van der Waals surface area contributed by atoms with E-state index in [1.807, 2.05) is 0 Å². The van der Waals surface area contributed by atoms with Gasteiger partial charge in [-0.1, -0.05) is 18.2 Å². The maximum atomic E-state index is 11.9. The number of methoxy groups -OCH3 is 2. The molecule has 0 saturated carbocycles. The van der Waals surface area contributed by atoms with Crippen molar-refractivity contribution in [3.63, 3.8) is 0 Å². The molecule has 2 rings (SSSR count). The van der Waals surface area contributed by atoms with Crippen LogP contribution in [0.3, 0.4) is 0 Å². The molecular formula is C19H19N3O5S. The molecule has 0 aliphatic rings. The molecule has 9 heteroatoms. The molecule has 0 aromatic heterocycles. The maximum absolute atomic E-state index is 11.9. The van der Waals surface area contributed by atoms with Crippen molar-refractivity contribution in [3.05, 3.63) is 59.7 Å². The van der Waals surface area contributed by atoms with Gasteiger partial charge in [-0.05, 0) is 48.1 Å². The third kappa shape index (κ3) is 5.71. The highest BCUT2D eigenvalue weighted by molar-refractivity contribution is 7.80. The minimum absolute atomic E-state index is 0.0671. The molecule has 8 nitrogen and oxygen atoms in total. The molecule has 0 aliphatic heterocycles. The highest BCUT2D eigenvalue weighted by Gasteiger charge is 2.10. The summed E-state index contributed by atoms with van der Waals surface area (Å²) in [6, 6.07) is 11.2. The number of thiocarbonyl (C=S) groups is 1. The summed E-state index contributed by atoms with van der Waals surface area (Å²) in [5, 5.41) is 11.9. The summed E-state index contributed by atoms with van der Waals surface area (Å²) in [5.74, 6) is -0.155. The molecule has 2 amide bonds. The van der Waals surface area contributed by atoms with Gasteiger partial charge in [0.25, 0.3) is 5.91 Å². The molecule has 2 aromatic carbocycles. The number of aromatic hydroxyl groups is 1. The van der Waals surface area contributed by atoms with Gasteiger partial charge >= 0.3 is 0 Å². The van der Waals surface area contributed by atoms with Crippen LogP contribution in [0.1, 0.15) is 15.9 Å². The molecular weight excluding hydrogens is 382 g/mol. The molecule has 0 bridgehead atoms. The molecule has 0 heterocycles. The molecule has 146 valence electrons. The Bertz CT molecular complexity index is 914. The largest absolute Gasteiger partial charge is 0.507 e. The van der Waals surface area contributed by atoms with Crippen molar-refractivity contribution in [2.75, 3.05) is 14.2 Å². The highest BCUT2D eigenvalue weighted by atomic mass is 32.1. The Labute approximate surface area is 167 Å². The first-order valence-electron chi connectivity index (χ1n) is 8.04. The summed E-state index contributed by atoms with van der Waals surface area (Å²) >= 11 is 4.94. The van der Waals surface area contributed by atoms with Gasteiger partial charge in [-0.2, -0.15) is 0 Å². The van der Waals surface area contributed by atoms with E-state index in [0.29, 0.717) is 11.5 Å².